The second-order valence-electron chi connectivity index (χ2n) is 2.77. The highest BCUT2D eigenvalue weighted by Crippen LogP contribution is 2.05. The predicted molar refractivity (Wildman–Crippen MR) is 45.6 cm³/mol. The van der Waals surface area contributed by atoms with Gasteiger partial charge >= 0.3 is 0 Å². The first-order chi connectivity index (χ1) is 4.41. The van der Waals surface area contributed by atoms with E-state index in [1.165, 1.54) is 44.9 Å². The molecule has 0 unspecified atom stereocenters. The van der Waals surface area contributed by atoms with E-state index >= 15 is 0 Å². The summed E-state index contributed by atoms with van der Waals surface area (Å²) in [5.41, 5.74) is 0. The van der Waals surface area contributed by atoms with E-state index in [4.69, 9.17) is 0 Å². The maximum atomic E-state index is 2.26. The molecular weight excluding hydrogens is 124 g/mol. The van der Waals surface area contributed by atoms with Crippen molar-refractivity contribution in [3.8, 4) is 0 Å². The summed E-state index contributed by atoms with van der Waals surface area (Å²) in [5, 5.41) is 0. The van der Waals surface area contributed by atoms with Crippen LogP contribution >= 0.6 is 0 Å². The van der Waals surface area contributed by atoms with Crippen molar-refractivity contribution in [1.29, 1.82) is 0 Å². The van der Waals surface area contributed by atoms with Crippen LogP contribution in [-0.2, 0) is 0 Å². The minimum Gasteiger partial charge on any atom is -0.870 e. The van der Waals surface area contributed by atoms with Crippen molar-refractivity contribution >= 4 is 0 Å². The third kappa shape index (κ3) is 10.9. The quantitative estimate of drug-likeness (QED) is 0.525. The molecule has 0 bridgehead atoms. The first-order valence-electron chi connectivity index (χ1n) is 4.41. The highest BCUT2D eigenvalue weighted by Gasteiger charge is 1.85. The number of rotatable bonds is 6. The summed E-state index contributed by atoms with van der Waals surface area (Å²) in [5.74, 6) is 0. The van der Waals surface area contributed by atoms with Crippen LogP contribution in [0.5, 0.6) is 0 Å². The molecule has 0 aromatic rings. The summed E-state index contributed by atoms with van der Waals surface area (Å²) in [4.78, 5) is 0. The number of hydrogen-bond donors (Lipinski definition) is 0. The largest absolute Gasteiger partial charge is 0.870 e. The second-order valence-corrected chi connectivity index (χ2v) is 2.77. The molecule has 10 heavy (non-hydrogen) atoms. The molecule has 0 radical (unpaired) electrons. The monoisotopic (exact) mass is 145 g/mol. The van der Waals surface area contributed by atoms with Crippen LogP contribution in [0.2, 0.25) is 0 Å². The fourth-order valence-corrected chi connectivity index (χ4v) is 1.03. The number of hydrogen-bond acceptors (Lipinski definition) is 1. The first-order valence-corrected chi connectivity index (χ1v) is 4.41. The second kappa shape index (κ2) is 11.7. The Kier molecular flexibility index (Phi) is 14.8. The van der Waals surface area contributed by atoms with Gasteiger partial charge in [0.1, 0.15) is 0 Å². The molecule has 0 aliphatic heterocycles. The van der Waals surface area contributed by atoms with Gasteiger partial charge in [0.05, 0.1) is 0 Å². The Morgan fingerprint density at radius 1 is 0.600 bits per heavy atom. The predicted octanol–water partition coefficient (Wildman–Crippen LogP) is 3.58. The Morgan fingerprint density at radius 3 is 1.20 bits per heavy atom. The molecule has 64 valence electrons. The normalized spacial score (nSPS) is 9.00. The molecule has 0 saturated heterocycles. The Hall–Kier alpha value is -0.0400. The van der Waals surface area contributed by atoms with Crippen LogP contribution in [0.3, 0.4) is 0 Å². The van der Waals surface area contributed by atoms with Gasteiger partial charge in [0.2, 0.25) is 0 Å². The molecule has 0 amide bonds. The molecule has 0 atom stereocenters. The van der Waals surface area contributed by atoms with Crippen LogP contribution in [0, 0.1) is 0 Å². The Bertz CT molecular complexity index is 38.0. The van der Waals surface area contributed by atoms with Crippen LogP contribution in [0.1, 0.15) is 58.8 Å². The lowest BCUT2D eigenvalue weighted by atomic mass is 10.1. The molecule has 0 fully saturated rings. The zero-order valence-electron chi connectivity index (χ0n) is 7.40. The van der Waals surface area contributed by atoms with Gasteiger partial charge in [-0.2, -0.15) is 0 Å². The van der Waals surface area contributed by atoms with E-state index in [0.717, 1.165) is 0 Å². The molecule has 0 rings (SSSR count). The maximum absolute atomic E-state index is 2.26. The van der Waals surface area contributed by atoms with E-state index in [0.29, 0.717) is 0 Å². The average molecular weight is 145 g/mol. The fraction of sp³-hybridized carbons (Fsp3) is 1.00. The van der Waals surface area contributed by atoms with Gasteiger partial charge in [-0.05, 0) is 0 Å². The standard InChI is InChI=1S/C9H20.H2O/c1-3-5-7-9-8-6-4-2;/h3-9H2,1-2H3;1H2/p-1. The van der Waals surface area contributed by atoms with Gasteiger partial charge in [0.15, 0.2) is 0 Å². The van der Waals surface area contributed by atoms with Crippen molar-refractivity contribution in [2.24, 2.45) is 0 Å². The SMILES string of the molecule is CCCCCCCCC.[OH-]. The lowest BCUT2D eigenvalue weighted by molar-refractivity contribution is 0.602. The van der Waals surface area contributed by atoms with Gasteiger partial charge in [-0.15, -0.1) is 0 Å². The summed E-state index contributed by atoms with van der Waals surface area (Å²) in [6.45, 7) is 4.53. The smallest absolute Gasteiger partial charge is 0.0533 e. The minimum atomic E-state index is 0. The van der Waals surface area contributed by atoms with Crippen molar-refractivity contribution < 1.29 is 5.48 Å². The third-order valence-corrected chi connectivity index (χ3v) is 1.71. The molecule has 0 spiro atoms. The zero-order chi connectivity index (χ0) is 6.95. The van der Waals surface area contributed by atoms with E-state index in [1.807, 2.05) is 0 Å². The van der Waals surface area contributed by atoms with Gasteiger partial charge in [0, 0.05) is 0 Å². The van der Waals surface area contributed by atoms with E-state index in [1.54, 1.807) is 0 Å². The Balaban J connectivity index is 0. The highest BCUT2D eigenvalue weighted by molar-refractivity contribution is 4.41. The fourth-order valence-electron chi connectivity index (χ4n) is 1.03. The van der Waals surface area contributed by atoms with Gasteiger partial charge < -0.3 is 5.48 Å². The van der Waals surface area contributed by atoms with E-state index in [-0.39, 0.29) is 5.48 Å². The molecule has 0 saturated carbocycles. The molecule has 0 aliphatic carbocycles. The molecule has 0 aromatic carbocycles. The molecule has 1 nitrogen and oxygen atoms in total. The van der Waals surface area contributed by atoms with Crippen molar-refractivity contribution in [2.75, 3.05) is 0 Å². The van der Waals surface area contributed by atoms with Gasteiger partial charge in [-0.25, -0.2) is 0 Å². The van der Waals surface area contributed by atoms with Gasteiger partial charge in [-0.3, -0.25) is 0 Å². The molecule has 0 aliphatic rings. The minimum absolute atomic E-state index is 0. The van der Waals surface area contributed by atoms with Crippen molar-refractivity contribution in [3.05, 3.63) is 0 Å². The van der Waals surface area contributed by atoms with Crippen LogP contribution in [-0.4, -0.2) is 5.48 Å². The summed E-state index contributed by atoms with van der Waals surface area (Å²) in [7, 11) is 0. The van der Waals surface area contributed by atoms with Crippen molar-refractivity contribution in [2.45, 2.75) is 58.8 Å². The zero-order valence-corrected chi connectivity index (χ0v) is 7.40. The van der Waals surface area contributed by atoms with E-state index in [2.05, 4.69) is 13.8 Å². The summed E-state index contributed by atoms with van der Waals surface area (Å²) >= 11 is 0. The van der Waals surface area contributed by atoms with Crippen LogP contribution in [0.4, 0.5) is 0 Å². The molecule has 0 aromatic heterocycles. The summed E-state index contributed by atoms with van der Waals surface area (Å²) in [6, 6.07) is 0. The average Bonchev–Trinajstić information content (AvgIpc) is 1.89. The van der Waals surface area contributed by atoms with Gasteiger partial charge in [0.25, 0.3) is 0 Å². The Morgan fingerprint density at radius 2 is 0.900 bits per heavy atom. The molecule has 1 heteroatoms. The lowest BCUT2D eigenvalue weighted by Crippen LogP contribution is -1.76. The third-order valence-electron chi connectivity index (χ3n) is 1.71. The Labute approximate surface area is 65.1 Å². The van der Waals surface area contributed by atoms with Gasteiger partial charge in [-0.1, -0.05) is 58.8 Å². The summed E-state index contributed by atoms with van der Waals surface area (Å²) < 4.78 is 0. The highest BCUT2D eigenvalue weighted by atomic mass is 16.0. The first kappa shape index (κ1) is 12.6. The maximum Gasteiger partial charge on any atom is -0.0533 e. The number of unbranched alkanes of at least 4 members (excludes halogenated alkanes) is 6. The van der Waals surface area contributed by atoms with Crippen LogP contribution < -0.4 is 0 Å². The van der Waals surface area contributed by atoms with Crippen LogP contribution in [0.15, 0.2) is 0 Å². The molecule has 0 heterocycles. The van der Waals surface area contributed by atoms with Crippen molar-refractivity contribution in [3.63, 3.8) is 0 Å². The summed E-state index contributed by atoms with van der Waals surface area (Å²) in [6.07, 6.45) is 9.97. The van der Waals surface area contributed by atoms with E-state index < -0.39 is 0 Å². The van der Waals surface area contributed by atoms with E-state index in [9.17, 15) is 0 Å². The molecular formula is C9H21O-. The lowest BCUT2D eigenvalue weighted by Gasteiger charge is -1.96. The topological polar surface area (TPSA) is 30.0 Å². The van der Waals surface area contributed by atoms with Crippen molar-refractivity contribution in [1.82, 2.24) is 0 Å². The molecule has 1 N–H and O–H groups in total. The van der Waals surface area contributed by atoms with Crippen LogP contribution in [0.25, 0.3) is 0 Å².